The van der Waals surface area contributed by atoms with Gasteiger partial charge in [0.05, 0.1) is 9.21 Å². The van der Waals surface area contributed by atoms with Crippen molar-refractivity contribution >= 4 is 34.6 Å². The number of carbonyl (C=O) groups is 2. The Bertz CT molecular complexity index is 532. The lowest BCUT2D eigenvalue weighted by atomic mass is 10.0. The highest BCUT2D eigenvalue weighted by Gasteiger charge is 2.17. The standard InChI is InChI=1S/C17H25ClN2O2S/c1-13-5-2-3-11-20(13)12-4-10-19-17(22)9-6-14(21)15-7-8-16(18)23-15/h7-8,13H,2-6,9-12H2,1H3,(H,19,22). The summed E-state index contributed by atoms with van der Waals surface area (Å²) in [6, 6.07) is 4.09. The van der Waals surface area contributed by atoms with E-state index in [1.807, 2.05) is 0 Å². The third-order valence-corrected chi connectivity index (χ3v) is 5.58. The summed E-state index contributed by atoms with van der Waals surface area (Å²) in [7, 11) is 0. The van der Waals surface area contributed by atoms with Gasteiger partial charge in [-0.15, -0.1) is 11.3 Å². The molecule has 0 aromatic carbocycles. The number of hydrogen-bond donors (Lipinski definition) is 1. The Hall–Kier alpha value is -0.910. The number of amides is 1. The number of carbonyl (C=O) groups excluding carboxylic acids is 2. The van der Waals surface area contributed by atoms with Crippen molar-refractivity contribution in [3.63, 3.8) is 0 Å². The summed E-state index contributed by atoms with van der Waals surface area (Å²) in [6.07, 6.45) is 5.34. The molecule has 4 nitrogen and oxygen atoms in total. The van der Waals surface area contributed by atoms with Crippen molar-refractivity contribution < 1.29 is 9.59 Å². The van der Waals surface area contributed by atoms with Gasteiger partial charge in [0.2, 0.25) is 5.91 Å². The first-order valence-electron chi connectivity index (χ1n) is 8.35. The first-order valence-corrected chi connectivity index (χ1v) is 9.55. The molecule has 1 aliphatic rings. The van der Waals surface area contributed by atoms with E-state index in [2.05, 4.69) is 17.1 Å². The highest BCUT2D eigenvalue weighted by molar-refractivity contribution is 7.18. The van der Waals surface area contributed by atoms with Crippen LogP contribution < -0.4 is 5.32 Å². The van der Waals surface area contributed by atoms with Gasteiger partial charge in [-0.1, -0.05) is 18.0 Å². The van der Waals surface area contributed by atoms with Crippen LogP contribution in [0.1, 0.15) is 55.1 Å². The zero-order valence-corrected chi connectivity index (χ0v) is 15.2. The molecule has 2 rings (SSSR count). The minimum absolute atomic E-state index is 0.0146. The maximum absolute atomic E-state index is 11.9. The van der Waals surface area contributed by atoms with Crippen LogP contribution in [-0.4, -0.2) is 42.3 Å². The molecule has 1 amide bonds. The van der Waals surface area contributed by atoms with Crippen LogP contribution >= 0.6 is 22.9 Å². The molecule has 1 aromatic rings. The lowest BCUT2D eigenvalue weighted by molar-refractivity contribution is -0.121. The molecule has 2 heterocycles. The molecule has 128 valence electrons. The highest BCUT2D eigenvalue weighted by Crippen LogP contribution is 2.22. The first-order chi connectivity index (χ1) is 11.1. The SMILES string of the molecule is CC1CCCCN1CCCNC(=O)CCC(=O)c1ccc(Cl)s1. The summed E-state index contributed by atoms with van der Waals surface area (Å²) in [5.41, 5.74) is 0. The molecule has 0 spiro atoms. The van der Waals surface area contributed by atoms with Gasteiger partial charge in [-0.2, -0.15) is 0 Å². The normalized spacial score (nSPS) is 18.8. The largest absolute Gasteiger partial charge is 0.356 e. The van der Waals surface area contributed by atoms with E-state index in [0.29, 0.717) is 21.8 Å². The van der Waals surface area contributed by atoms with Gasteiger partial charge in [0.15, 0.2) is 5.78 Å². The topological polar surface area (TPSA) is 49.4 Å². The number of Topliss-reactive ketones (excluding diaryl/α,β-unsaturated/α-hetero) is 1. The summed E-state index contributed by atoms with van der Waals surface area (Å²) >= 11 is 7.07. The number of hydrogen-bond acceptors (Lipinski definition) is 4. The highest BCUT2D eigenvalue weighted by atomic mass is 35.5. The van der Waals surface area contributed by atoms with Crippen LogP contribution in [0.15, 0.2) is 12.1 Å². The third-order valence-electron chi connectivity index (χ3n) is 4.31. The number of likely N-dealkylation sites (tertiary alicyclic amines) is 1. The Balaban J connectivity index is 1.57. The van der Waals surface area contributed by atoms with Crippen molar-refractivity contribution in [3.05, 3.63) is 21.3 Å². The van der Waals surface area contributed by atoms with Crippen molar-refractivity contribution in [2.75, 3.05) is 19.6 Å². The summed E-state index contributed by atoms with van der Waals surface area (Å²) in [5, 5.41) is 2.91. The van der Waals surface area contributed by atoms with E-state index >= 15 is 0 Å². The van der Waals surface area contributed by atoms with Gasteiger partial charge < -0.3 is 10.2 Å². The molecule has 0 aliphatic carbocycles. The number of halogens is 1. The molecule has 0 bridgehead atoms. The van der Waals surface area contributed by atoms with E-state index in [1.165, 1.54) is 37.1 Å². The van der Waals surface area contributed by atoms with Crippen molar-refractivity contribution in [2.45, 2.75) is 51.5 Å². The fourth-order valence-electron chi connectivity index (χ4n) is 2.90. The van der Waals surface area contributed by atoms with E-state index < -0.39 is 0 Å². The molecule has 6 heteroatoms. The average Bonchev–Trinajstić information content (AvgIpc) is 2.97. The van der Waals surface area contributed by atoms with Crippen molar-refractivity contribution in [3.8, 4) is 0 Å². The quantitative estimate of drug-likeness (QED) is 0.570. The Labute approximate surface area is 147 Å². The molecule has 1 aromatic heterocycles. The van der Waals surface area contributed by atoms with Crippen LogP contribution in [0.4, 0.5) is 0 Å². The van der Waals surface area contributed by atoms with E-state index in [4.69, 9.17) is 11.6 Å². The van der Waals surface area contributed by atoms with Gasteiger partial charge in [-0.3, -0.25) is 9.59 Å². The predicted molar refractivity (Wildman–Crippen MR) is 95.4 cm³/mol. The second kappa shape index (κ2) is 9.40. The minimum atomic E-state index is -0.0484. The minimum Gasteiger partial charge on any atom is -0.356 e. The van der Waals surface area contributed by atoms with Gasteiger partial charge in [0, 0.05) is 32.0 Å². The van der Waals surface area contributed by atoms with Crippen LogP contribution in [0.3, 0.4) is 0 Å². The molecule has 1 unspecified atom stereocenters. The monoisotopic (exact) mass is 356 g/mol. The number of thiophene rings is 1. The average molecular weight is 357 g/mol. The number of rotatable bonds is 8. The number of ketones is 1. The first kappa shape index (κ1) is 18.4. The van der Waals surface area contributed by atoms with Gasteiger partial charge in [0.1, 0.15) is 0 Å². The van der Waals surface area contributed by atoms with Crippen LogP contribution in [0.2, 0.25) is 4.34 Å². The molecular formula is C17H25ClN2O2S. The Morgan fingerprint density at radius 2 is 2.17 bits per heavy atom. The number of nitrogens with zero attached hydrogens (tertiary/aromatic N) is 1. The second-order valence-electron chi connectivity index (χ2n) is 6.11. The Morgan fingerprint density at radius 1 is 1.35 bits per heavy atom. The van der Waals surface area contributed by atoms with Gasteiger partial charge in [-0.25, -0.2) is 0 Å². The molecule has 1 atom stereocenters. The number of piperidine rings is 1. The summed E-state index contributed by atoms with van der Waals surface area (Å²) in [5.74, 6) is -0.0631. The van der Waals surface area contributed by atoms with Gasteiger partial charge in [0.25, 0.3) is 0 Å². The third kappa shape index (κ3) is 6.24. The fraction of sp³-hybridized carbons (Fsp3) is 0.647. The van der Waals surface area contributed by atoms with Crippen LogP contribution in [0.25, 0.3) is 0 Å². The zero-order valence-electron chi connectivity index (χ0n) is 13.6. The molecule has 1 N–H and O–H groups in total. The maximum Gasteiger partial charge on any atom is 0.220 e. The van der Waals surface area contributed by atoms with Crippen LogP contribution in [0.5, 0.6) is 0 Å². The summed E-state index contributed by atoms with van der Waals surface area (Å²) < 4.78 is 0.602. The van der Waals surface area contributed by atoms with Gasteiger partial charge >= 0.3 is 0 Å². The summed E-state index contributed by atoms with van der Waals surface area (Å²) in [6.45, 7) is 5.17. The van der Waals surface area contributed by atoms with Crippen LogP contribution in [0, 0.1) is 0 Å². The smallest absolute Gasteiger partial charge is 0.220 e. The van der Waals surface area contributed by atoms with Crippen LogP contribution in [-0.2, 0) is 4.79 Å². The Morgan fingerprint density at radius 3 is 2.87 bits per heavy atom. The lowest BCUT2D eigenvalue weighted by Gasteiger charge is -2.33. The number of nitrogens with one attached hydrogen (secondary N) is 1. The van der Waals surface area contributed by atoms with Crippen molar-refractivity contribution in [1.29, 1.82) is 0 Å². The maximum atomic E-state index is 11.9. The van der Waals surface area contributed by atoms with Crippen molar-refractivity contribution in [1.82, 2.24) is 10.2 Å². The molecular weight excluding hydrogens is 332 g/mol. The molecule has 23 heavy (non-hydrogen) atoms. The van der Waals surface area contributed by atoms with Crippen molar-refractivity contribution in [2.24, 2.45) is 0 Å². The van der Waals surface area contributed by atoms with E-state index in [1.54, 1.807) is 12.1 Å². The van der Waals surface area contributed by atoms with E-state index in [0.717, 1.165) is 13.0 Å². The zero-order chi connectivity index (χ0) is 16.7. The Kier molecular flexibility index (Phi) is 7.53. The second-order valence-corrected chi connectivity index (χ2v) is 7.83. The van der Waals surface area contributed by atoms with E-state index in [-0.39, 0.29) is 24.5 Å². The van der Waals surface area contributed by atoms with E-state index in [9.17, 15) is 9.59 Å². The lowest BCUT2D eigenvalue weighted by Crippen LogP contribution is -2.39. The molecule has 1 saturated heterocycles. The van der Waals surface area contributed by atoms with Gasteiger partial charge in [-0.05, 0) is 44.9 Å². The molecule has 0 radical (unpaired) electrons. The predicted octanol–water partition coefficient (Wildman–Crippen LogP) is 3.75. The fourth-order valence-corrected chi connectivity index (χ4v) is 3.91. The molecule has 1 fully saturated rings. The molecule has 0 saturated carbocycles. The molecule has 1 aliphatic heterocycles. The summed E-state index contributed by atoms with van der Waals surface area (Å²) in [4.78, 5) is 26.8.